The van der Waals surface area contributed by atoms with Gasteiger partial charge in [-0.3, -0.25) is 9.69 Å². The maximum atomic E-state index is 14.0. The number of benzene rings is 2. The lowest BCUT2D eigenvalue weighted by molar-refractivity contribution is -0.137. The van der Waals surface area contributed by atoms with Crippen LogP contribution in [0.1, 0.15) is 15.9 Å². The number of aromatic carboxylic acids is 1. The molecule has 0 radical (unpaired) electrons. The number of fused-ring (bicyclic) bond motifs is 1. The van der Waals surface area contributed by atoms with Crippen molar-refractivity contribution in [1.29, 1.82) is 0 Å². The van der Waals surface area contributed by atoms with E-state index < -0.39 is 11.8 Å². The summed E-state index contributed by atoms with van der Waals surface area (Å²) in [7, 11) is 0. The van der Waals surface area contributed by atoms with Crippen LogP contribution in [0.2, 0.25) is 0 Å². The molecule has 0 spiro atoms. The second kappa shape index (κ2) is 10.7. The lowest BCUT2D eigenvalue weighted by Crippen LogP contribution is -2.50. The molecule has 0 bridgehead atoms. The quantitative estimate of drug-likeness (QED) is 0.466. The molecule has 0 saturated carbocycles. The number of ether oxygens (including phenoxy) is 1. The highest BCUT2D eigenvalue weighted by atomic mass is 19.1. The number of carboxylic acids is 1. The Labute approximate surface area is 196 Å². The van der Waals surface area contributed by atoms with Crippen molar-refractivity contribution in [2.75, 3.05) is 46.0 Å². The van der Waals surface area contributed by atoms with E-state index in [1.807, 2.05) is 35.2 Å². The van der Waals surface area contributed by atoms with Gasteiger partial charge in [0.1, 0.15) is 5.82 Å². The van der Waals surface area contributed by atoms with Gasteiger partial charge in [-0.15, -0.1) is 0 Å². The molecule has 1 aliphatic rings. The maximum absolute atomic E-state index is 14.0. The zero-order valence-electron chi connectivity index (χ0n) is 18.6. The fourth-order valence-corrected chi connectivity index (χ4v) is 4.20. The van der Waals surface area contributed by atoms with Crippen LogP contribution in [0.25, 0.3) is 22.2 Å². The number of rotatable bonds is 9. The van der Waals surface area contributed by atoms with Crippen LogP contribution >= 0.6 is 0 Å². The fraction of sp³-hybridized carbons (Fsp3) is 0.320. The molecule has 2 N–H and O–H groups in total. The lowest BCUT2D eigenvalue weighted by Gasteiger charge is -2.34. The SMILES string of the molecule is O=C(O)c1c(CN2CCN(CCOCCO)C(=O)C2)c(-c2ccccc2)nc2ccc(F)cc12. The van der Waals surface area contributed by atoms with Crippen LogP contribution in [0.15, 0.2) is 48.5 Å². The van der Waals surface area contributed by atoms with Gasteiger partial charge in [0.05, 0.1) is 43.1 Å². The minimum Gasteiger partial charge on any atom is -0.478 e. The number of nitrogens with zero attached hydrogens (tertiary/aromatic N) is 3. The van der Waals surface area contributed by atoms with Gasteiger partial charge >= 0.3 is 5.97 Å². The highest BCUT2D eigenvalue weighted by Gasteiger charge is 2.28. The molecule has 34 heavy (non-hydrogen) atoms. The van der Waals surface area contributed by atoms with E-state index in [0.717, 1.165) is 5.56 Å². The number of piperazine rings is 1. The molecule has 1 aromatic heterocycles. The van der Waals surface area contributed by atoms with Crippen molar-refractivity contribution in [1.82, 2.24) is 14.8 Å². The average Bonchev–Trinajstić information content (AvgIpc) is 2.83. The molecule has 1 fully saturated rings. The largest absolute Gasteiger partial charge is 0.478 e. The van der Waals surface area contributed by atoms with Gasteiger partial charge in [0.2, 0.25) is 5.91 Å². The number of pyridine rings is 1. The van der Waals surface area contributed by atoms with Crippen LogP contribution < -0.4 is 0 Å². The number of aliphatic hydroxyl groups excluding tert-OH is 1. The predicted octanol–water partition coefficient (Wildman–Crippen LogP) is 2.39. The molecule has 4 rings (SSSR count). The highest BCUT2D eigenvalue weighted by Crippen LogP contribution is 2.32. The number of hydrogen-bond donors (Lipinski definition) is 2. The Morgan fingerprint density at radius 1 is 1.12 bits per heavy atom. The van der Waals surface area contributed by atoms with E-state index in [9.17, 15) is 19.1 Å². The van der Waals surface area contributed by atoms with Crippen LogP contribution in [0.5, 0.6) is 0 Å². The van der Waals surface area contributed by atoms with E-state index in [1.165, 1.54) is 18.2 Å². The van der Waals surface area contributed by atoms with Crippen LogP contribution in [-0.4, -0.2) is 82.9 Å². The third-order valence-electron chi connectivity index (χ3n) is 5.83. The molecule has 0 aliphatic carbocycles. The molecule has 178 valence electrons. The third-order valence-corrected chi connectivity index (χ3v) is 5.83. The normalized spacial score (nSPS) is 14.6. The Morgan fingerprint density at radius 3 is 2.62 bits per heavy atom. The average molecular weight is 467 g/mol. The van der Waals surface area contributed by atoms with Gasteiger partial charge in [-0.1, -0.05) is 30.3 Å². The van der Waals surface area contributed by atoms with Crippen molar-refractivity contribution >= 4 is 22.8 Å². The van der Waals surface area contributed by atoms with Crippen molar-refractivity contribution in [3.8, 4) is 11.3 Å². The zero-order valence-corrected chi connectivity index (χ0v) is 18.6. The van der Waals surface area contributed by atoms with E-state index >= 15 is 0 Å². The van der Waals surface area contributed by atoms with Crippen molar-refractivity contribution < 1.29 is 28.9 Å². The fourth-order valence-electron chi connectivity index (χ4n) is 4.20. The van der Waals surface area contributed by atoms with Crippen molar-refractivity contribution in [3.05, 3.63) is 65.5 Å². The van der Waals surface area contributed by atoms with Crippen LogP contribution in [0, 0.1) is 5.82 Å². The Hall–Kier alpha value is -3.40. The number of aliphatic hydroxyl groups is 1. The second-order valence-electron chi connectivity index (χ2n) is 8.07. The van der Waals surface area contributed by atoms with E-state index in [1.54, 1.807) is 4.90 Å². The summed E-state index contributed by atoms with van der Waals surface area (Å²) in [4.78, 5) is 33.3. The van der Waals surface area contributed by atoms with Gasteiger partial charge in [0.25, 0.3) is 0 Å². The molecule has 2 aromatic carbocycles. The second-order valence-corrected chi connectivity index (χ2v) is 8.07. The first-order chi connectivity index (χ1) is 16.5. The molecule has 2 heterocycles. The molecule has 1 amide bonds. The van der Waals surface area contributed by atoms with E-state index in [4.69, 9.17) is 14.8 Å². The van der Waals surface area contributed by atoms with Gasteiger partial charge in [-0.25, -0.2) is 14.2 Å². The Morgan fingerprint density at radius 2 is 1.91 bits per heavy atom. The molecular formula is C25H26FN3O5. The minimum absolute atomic E-state index is 0.00404. The van der Waals surface area contributed by atoms with Crippen molar-refractivity contribution in [3.63, 3.8) is 0 Å². The molecule has 3 aromatic rings. The van der Waals surface area contributed by atoms with Crippen molar-refractivity contribution in [2.45, 2.75) is 6.54 Å². The lowest BCUT2D eigenvalue weighted by atomic mass is 9.96. The maximum Gasteiger partial charge on any atom is 0.336 e. The number of carbonyl (C=O) groups excluding carboxylic acids is 1. The summed E-state index contributed by atoms with van der Waals surface area (Å²) in [6, 6.07) is 13.2. The number of amides is 1. The Balaban J connectivity index is 1.67. The van der Waals surface area contributed by atoms with Gasteiger partial charge < -0.3 is 19.8 Å². The number of hydrogen-bond acceptors (Lipinski definition) is 6. The highest BCUT2D eigenvalue weighted by molar-refractivity contribution is 6.05. The predicted molar refractivity (Wildman–Crippen MR) is 124 cm³/mol. The van der Waals surface area contributed by atoms with Crippen LogP contribution in [-0.2, 0) is 16.1 Å². The molecule has 1 saturated heterocycles. The molecule has 8 nitrogen and oxygen atoms in total. The van der Waals surface area contributed by atoms with Crippen molar-refractivity contribution in [2.24, 2.45) is 0 Å². The minimum atomic E-state index is -1.17. The van der Waals surface area contributed by atoms with Gasteiger partial charge in [-0.2, -0.15) is 0 Å². The summed E-state index contributed by atoms with van der Waals surface area (Å²) in [5.41, 5.74) is 2.09. The summed E-state index contributed by atoms with van der Waals surface area (Å²) < 4.78 is 19.3. The van der Waals surface area contributed by atoms with Gasteiger partial charge in [-0.05, 0) is 18.2 Å². The Kier molecular flexibility index (Phi) is 7.46. The first kappa shape index (κ1) is 23.7. The van der Waals surface area contributed by atoms with E-state index in [-0.39, 0.29) is 43.2 Å². The van der Waals surface area contributed by atoms with Crippen LogP contribution in [0.3, 0.4) is 0 Å². The molecule has 0 unspecified atom stereocenters. The number of carboxylic acid groups (broad SMARTS) is 1. The summed E-state index contributed by atoms with van der Waals surface area (Å²) in [6.07, 6.45) is 0. The monoisotopic (exact) mass is 467 g/mol. The van der Waals surface area contributed by atoms with Gasteiger partial charge in [0, 0.05) is 42.7 Å². The summed E-state index contributed by atoms with van der Waals surface area (Å²) in [6.45, 7) is 2.25. The first-order valence-electron chi connectivity index (χ1n) is 11.1. The molecular weight excluding hydrogens is 441 g/mol. The number of aromatic nitrogens is 1. The van der Waals surface area contributed by atoms with E-state index in [0.29, 0.717) is 43.0 Å². The summed E-state index contributed by atoms with van der Waals surface area (Å²) in [5, 5.41) is 19.1. The van der Waals surface area contributed by atoms with Gasteiger partial charge in [0.15, 0.2) is 0 Å². The molecule has 0 atom stereocenters. The van der Waals surface area contributed by atoms with E-state index in [2.05, 4.69) is 0 Å². The zero-order chi connectivity index (χ0) is 24.1. The molecule has 1 aliphatic heterocycles. The summed E-state index contributed by atoms with van der Waals surface area (Å²) >= 11 is 0. The first-order valence-corrected chi connectivity index (χ1v) is 11.1. The topological polar surface area (TPSA) is 103 Å². The third kappa shape index (κ3) is 5.22. The van der Waals surface area contributed by atoms with Crippen LogP contribution in [0.4, 0.5) is 4.39 Å². The number of carbonyl (C=O) groups is 2. The smallest absolute Gasteiger partial charge is 0.336 e. The number of halogens is 1. The molecule has 9 heteroatoms. The Bertz CT molecular complexity index is 1190. The summed E-state index contributed by atoms with van der Waals surface area (Å²) in [5.74, 6) is -1.80. The standard InChI is InChI=1S/C25H26FN3O5/c26-18-6-7-21-19(14-18)23(25(32)33)20(24(27-21)17-4-2-1-3-5-17)15-28-8-9-29(22(31)16-28)10-12-34-13-11-30/h1-7,14,30H,8-13,15-16H2,(H,32,33).